The number of methoxy groups -OCH3 is 1. The van der Waals surface area contributed by atoms with Gasteiger partial charge in [0, 0.05) is 11.3 Å². The quantitative estimate of drug-likeness (QED) is 0.263. The minimum absolute atomic E-state index is 0.00535. The van der Waals surface area contributed by atoms with E-state index in [-0.39, 0.29) is 18.1 Å². The monoisotopic (exact) mass is 445 g/mol. The minimum Gasteiger partial charge on any atom is -0.497 e. The summed E-state index contributed by atoms with van der Waals surface area (Å²) >= 11 is 1.35. The summed E-state index contributed by atoms with van der Waals surface area (Å²) in [5.74, 6) is 2.35. The molecular formula is C25H23N3O3S. The van der Waals surface area contributed by atoms with Crippen molar-refractivity contribution in [1.82, 2.24) is 14.8 Å². The molecule has 4 rings (SSSR count). The zero-order chi connectivity index (χ0) is 22.3. The van der Waals surface area contributed by atoms with Gasteiger partial charge in [0.25, 0.3) is 0 Å². The lowest BCUT2D eigenvalue weighted by molar-refractivity contribution is 0.102. The second-order valence-electron chi connectivity index (χ2n) is 7.07. The van der Waals surface area contributed by atoms with Gasteiger partial charge < -0.3 is 9.47 Å². The number of thioether (sulfide) groups is 1. The smallest absolute Gasteiger partial charge is 0.196 e. The molecule has 3 aromatic carbocycles. The van der Waals surface area contributed by atoms with Crippen LogP contribution in [0.5, 0.6) is 11.5 Å². The average Bonchev–Trinajstić information content (AvgIpc) is 3.25. The molecule has 0 amide bonds. The number of carbonyl (C=O) groups excluding carboxylic acids is 1. The molecule has 0 saturated carbocycles. The van der Waals surface area contributed by atoms with Gasteiger partial charge in [-0.15, -0.1) is 10.2 Å². The first-order valence-electron chi connectivity index (χ1n) is 10.1. The Labute approximate surface area is 191 Å². The van der Waals surface area contributed by atoms with Crippen LogP contribution in [0.2, 0.25) is 0 Å². The van der Waals surface area contributed by atoms with Crippen molar-refractivity contribution in [1.29, 1.82) is 0 Å². The van der Waals surface area contributed by atoms with Crippen molar-refractivity contribution >= 4 is 17.5 Å². The van der Waals surface area contributed by atoms with Crippen LogP contribution in [0.25, 0.3) is 5.69 Å². The summed E-state index contributed by atoms with van der Waals surface area (Å²) in [6, 6.07) is 24.8. The van der Waals surface area contributed by atoms with Gasteiger partial charge in [-0.2, -0.15) is 0 Å². The number of hydrogen-bond donors (Lipinski definition) is 0. The molecule has 0 radical (unpaired) electrons. The molecule has 0 aliphatic carbocycles. The topological polar surface area (TPSA) is 66.2 Å². The Morgan fingerprint density at radius 1 is 0.969 bits per heavy atom. The lowest BCUT2D eigenvalue weighted by Gasteiger charge is -2.12. The molecule has 0 atom stereocenters. The summed E-state index contributed by atoms with van der Waals surface area (Å²) in [5.41, 5.74) is 2.57. The van der Waals surface area contributed by atoms with Crippen molar-refractivity contribution in [3.05, 3.63) is 95.8 Å². The molecule has 1 heterocycles. The molecule has 0 saturated heterocycles. The maximum Gasteiger partial charge on any atom is 0.196 e. The van der Waals surface area contributed by atoms with Gasteiger partial charge in [-0.25, -0.2) is 0 Å². The van der Waals surface area contributed by atoms with Gasteiger partial charge in [0.2, 0.25) is 0 Å². The fourth-order valence-corrected chi connectivity index (χ4v) is 4.06. The van der Waals surface area contributed by atoms with Crippen LogP contribution in [-0.4, -0.2) is 33.4 Å². The van der Waals surface area contributed by atoms with E-state index in [4.69, 9.17) is 9.47 Å². The molecule has 0 fully saturated rings. The number of aromatic nitrogens is 3. The molecule has 0 bridgehead atoms. The fourth-order valence-electron chi connectivity index (χ4n) is 3.19. The molecule has 0 aliphatic heterocycles. The summed E-state index contributed by atoms with van der Waals surface area (Å²) in [4.78, 5) is 12.7. The molecule has 0 N–H and O–H groups in total. The Balaban J connectivity index is 1.55. The van der Waals surface area contributed by atoms with E-state index in [1.807, 2.05) is 78.2 Å². The molecule has 0 spiro atoms. The van der Waals surface area contributed by atoms with Gasteiger partial charge in [-0.3, -0.25) is 9.36 Å². The van der Waals surface area contributed by atoms with E-state index in [0.29, 0.717) is 22.3 Å². The first-order valence-corrected chi connectivity index (χ1v) is 11.1. The molecule has 162 valence electrons. The molecule has 0 unspecified atom stereocenters. The lowest BCUT2D eigenvalue weighted by Crippen LogP contribution is -2.08. The van der Waals surface area contributed by atoms with E-state index in [0.717, 1.165) is 17.0 Å². The highest BCUT2D eigenvalue weighted by molar-refractivity contribution is 7.99. The van der Waals surface area contributed by atoms with E-state index in [9.17, 15) is 4.79 Å². The summed E-state index contributed by atoms with van der Waals surface area (Å²) in [7, 11) is 1.58. The van der Waals surface area contributed by atoms with Crippen molar-refractivity contribution in [3.63, 3.8) is 0 Å². The van der Waals surface area contributed by atoms with Crippen molar-refractivity contribution < 1.29 is 14.3 Å². The van der Waals surface area contributed by atoms with Crippen LogP contribution in [-0.2, 0) is 6.61 Å². The third-order valence-electron chi connectivity index (χ3n) is 4.89. The number of ketones is 1. The standard InChI is InChI=1S/C25H23N3O3S/c1-18-9-6-7-14-23(18)31-16-24-26-27-25(28(24)20-11-4-3-5-12-20)32-17-22(29)19-10-8-13-21(15-19)30-2/h3-15H,16-17H2,1-2H3. The molecule has 32 heavy (non-hydrogen) atoms. The van der Waals surface area contributed by atoms with Gasteiger partial charge in [0.1, 0.15) is 18.1 Å². The Bertz CT molecular complexity index is 1210. The maximum atomic E-state index is 12.7. The molecule has 7 heteroatoms. The van der Waals surface area contributed by atoms with Crippen LogP contribution < -0.4 is 9.47 Å². The van der Waals surface area contributed by atoms with Crippen molar-refractivity contribution in [3.8, 4) is 17.2 Å². The third-order valence-corrected chi connectivity index (χ3v) is 5.82. The van der Waals surface area contributed by atoms with E-state index in [1.54, 1.807) is 19.2 Å². The number of aryl methyl sites for hydroxylation is 1. The largest absolute Gasteiger partial charge is 0.497 e. The number of ether oxygens (including phenoxy) is 2. The Morgan fingerprint density at radius 2 is 1.75 bits per heavy atom. The third kappa shape index (κ3) is 5.00. The number of hydrogen-bond acceptors (Lipinski definition) is 6. The average molecular weight is 446 g/mol. The van der Waals surface area contributed by atoms with Crippen molar-refractivity contribution in [2.45, 2.75) is 18.7 Å². The lowest BCUT2D eigenvalue weighted by atomic mass is 10.1. The number of Topliss-reactive ketones (excluding diaryl/α,β-unsaturated/α-hetero) is 1. The number of nitrogens with zero attached hydrogens (tertiary/aromatic N) is 3. The summed E-state index contributed by atoms with van der Waals surface area (Å²) in [6.07, 6.45) is 0. The van der Waals surface area contributed by atoms with Gasteiger partial charge in [0.15, 0.2) is 16.8 Å². The predicted molar refractivity (Wildman–Crippen MR) is 125 cm³/mol. The van der Waals surface area contributed by atoms with Crippen LogP contribution in [0, 0.1) is 6.92 Å². The number of para-hydroxylation sites is 2. The fraction of sp³-hybridized carbons (Fsp3) is 0.160. The van der Waals surface area contributed by atoms with Gasteiger partial charge in [-0.05, 0) is 42.8 Å². The van der Waals surface area contributed by atoms with Crippen LogP contribution in [0.1, 0.15) is 21.7 Å². The van der Waals surface area contributed by atoms with Crippen LogP contribution in [0.15, 0.2) is 84.0 Å². The molecule has 6 nitrogen and oxygen atoms in total. The summed E-state index contributed by atoms with van der Waals surface area (Å²) < 4.78 is 13.2. The summed E-state index contributed by atoms with van der Waals surface area (Å²) in [6.45, 7) is 2.26. The molecule has 1 aromatic heterocycles. The Hall–Kier alpha value is -3.58. The minimum atomic E-state index is -0.00535. The SMILES string of the molecule is COc1cccc(C(=O)CSc2nnc(COc3ccccc3C)n2-c2ccccc2)c1. The van der Waals surface area contributed by atoms with Crippen LogP contribution in [0.3, 0.4) is 0 Å². The summed E-state index contributed by atoms with van der Waals surface area (Å²) in [5, 5.41) is 9.33. The zero-order valence-corrected chi connectivity index (χ0v) is 18.7. The maximum absolute atomic E-state index is 12.7. The van der Waals surface area contributed by atoms with E-state index < -0.39 is 0 Å². The molecular weight excluding hydrogens is 422 g/mol. The van der Waals surface area contributed by atoms with Crippen molar-refractivity contribution in [2.24, 2.45) is 0 Å². The second-order valence-corrected chi connectivity index (χ2v) is 8.01. The highest BCUT2D eigenvalue weighted by Gasteiger charge is 2.17. The van der Waals surface area contributed by atoms with Crippen LogP contribution in [0.4, 0.5) is 0 Å². The first-order chi connectivity index (χ1) is 15.7. The number of carbonyl (C=O) groups is 1. The second kappa shape index (κ2) is 10.2. The highest BCUT2D eigenvalue weighted by atomic mass is 32.2. The van der Waals surface area contributed by atoms with Gasteiger partial charge >= 0.3 is 0 Å². The van der Waals surface area contributed by atoms with E-state index in [1.165, 1.54) is 11.8 Å². The number of benzene rings is 3. The Morgan fingerprint density at radius 3 is 2.53 bits per heavy atom. The van der Waals surface area contributed by atoms with Gasteiger partial charge in [-0.1, -0.05) is 60.3 Å². The van der Waals surface area contributed by atoms with Gasteiger partial charge in [0.05, 0.1) is 12.9 Å². The highest BCUT2D eigenvalue weighted by Crippen LogP contribution is 2.25. The van der Waals surface area contributed by atoms with E-state index in [2.05, 4.69) is 10.2 Å². The first kappa shape index (κ1) is 21.6. The normalized spacial score (nSPS) is 10.7. The predicted octanol–water partition coefficient (Wildman–Crippen LogP) is 5.14. The molecule has 4 aromatic rings. The van der Waals surface area contributed by atoms with Crippen LogP contribution >= 0.6 is 11.8 Å². The van der Waals surface area contributed by atoms with Crippen molar-refractivity contribution in [2.75, 3.05) is 12.9 Å². The zero-order valence-electron chi connectivity index (χ0n) is 17.9. The molecule has 0 aliphatic rings. The number of rotatable bonds is 9. The Kier molecular flexibility index (Phi) is 6.87. The van der Waals surface area contributed by atoms with E-state index >= 15 is 0 Å².